The van der Waals surface area contributed by atoms with Gasteiger partial charge in [-0.3, -0.25) is 0 Å². The normalized spacial score (nSPS) is 10.6. The molecule has 0 fully saturated rings. The molecule has 104 valence electrons. The number of carbonyl (C=O) groups is 1. The van der Waals surface area contributed by atoms with Crippen molar-refractivity contribution in [1.29, 1.82) is 0 Å². The first-order chi connectivity index (χ1) is 10.2. The highest BCUT2D eigenvalue weighted by Crippen LogP contribution is 2.21. The minimum absolute atomic E-state index is 0.406. The van der Waals surface area contributed by atoms with E-state index in [1.807, 2.05) is 30.3 Å². The summed E-state index contributed by atoms with van der Waals surface area (Å²) in [5.41, 5.74) is 2.56. The smallest absolute Gasteiger partial charge is 0.338 e. The van der Waals surface area contributed by atoms with Gasteiger partial charge in [0.25, 0.3) is 0 Å². The Labute approximate surface area is 122 Å². The maximum Gasteiger partial charge on any atom is 0.338 e. The Morgan fingerprint density at radius 1 is 1.10 bits per heavy atom. The van der Waals surface area contributed by atoms with Gasteiger partial charge in [-0.1, -0.05) is 42.5 Å². The van der Waals surface area contributed by atoms with Gasteiger partial charge in [0.1, 0.15) is 0 Å². The number of hydrogen-bond donors (Lipinski definition) is 0. The van der Waals surface area contributed by atoms with Crippen molar-refractivity contribution in [3.63, 3.8) is 0 Å². The summed E-state index contributed by atoms with van der Waals surface area (Å²) < 4.78 is 4.82. The van der Waals surface area contributed by atoms with E-state index >= 15 is 0 Å². The van der Waals surface area contributed by atoms with E-state index in [9.17, 15) is 9.59 Å². The van der Waals surface area contributed by atoms with Crippen molar-refractivity contribution in [2.45, 2.75) is 0 Å². The van der Waals surface area contributed by atoms with Crippen molar-refractivity contribution >= 4 is 29.4 Å². The third-order valence-corrected chi connectivity index (χ3v) is 2.87. The summed E-state index contributed by atoms with van der Waals surface area (Å²) in [6.07, 6.45) is 3.21. The molecule has 0 N–H and O–H groups in total. The molecule has 0 aliphatic rings. The second kappa shape index (κ2) is 6.98. The van der Waals surface area contributed by atoms with E-state index in [0.717, 1.165) is 11.1 Å². The molecule has 0 atom stereocenters. The predicted octanol–water partition coefficient (Wildman–Crippen LogP) is 3.37. The molecule has 0 aliphatic carbocycles. The highest BCUT2D eigenvalue weighted by molar-refractivity contribution is 6.21. The molecule has 4 nitrogen and oxygen atoms in total. The number of nitrogens with zero attached hydrogens (tertiary/aromatic N) is 1. The zero-order chi connectivity index (χ0) is 15.1. The first-order valence-electron chi connectivity index (χ1n) is 6.28. The van der Waals surface area contributed by atoms with E-state index in [-0.39, 0.29) is 0 Å². The highest BCUT2D eigenvalue weighted by atomic mass is 16.5. The molecule has 0 saturated carbocycles. The Kier molecular flexibility index (Phi) is 4.80. The summed E-state index contributed by atoms with van der Waals surface area (Å²) >= 11 is 0. The van der Waals surface area contributed by atoms with Crippen molar-refractivity contribution in [3.05, 3.63) is 65.7 Å². The molecular weight excluding hydrogens is 266 g/mol. The van der Waals surface area contributed by atoms with Gasteiger partial charge in [-0.25, -0.2) is 9.59 Å². The van der Waals surface area contributed by atoms with E-state index in [2.05, 4.69) is 4.99 Å². The van der Waals surface area contributed by atoms with E-state index in [1.54, 1.807) is 30.3 Å². The minimum Gasteiger partial charge on any atom is -0.465 e. The maximum atomic E-state index is 11.9. The number of aliphatic imine (C=N–C) groups is 1. The number of methoxy groups -OCH3 is 1. The first kappa shape index (κ1) is 14.4. The second-order valence-electron chi connectivity index (χ2n) is 4.21. The van der Waals surface area contributed by atoms with Crippen LogP contribution in [0.1, 0.15) is 11.1 Å². The maximum absolute atomic E-state index is 11.9. The Morgan fingerprint density at radius 2 is 1.76 bits per heavy atom. The number of carbonyl (C=O) groups excluding carboxylic acids is 2. The molecule has 2 rings (SSSR count). The molecule has 0 radical (unpaired) electrons. The summed E-state index contributed by atoms with van der Waals surface area (Å²) in [6, 6.07) is 16.2. The van der Waals surface area contributed by atoms with E-state index < -0.39 is 5.97 Å². The molecule has 0 unspecified atom stereocenters. The molecular formula is C17H13NO3. The number of ether oxygens (including phenoxy) is 1. The molecule has 4 heteroatoms. The number of hydrogen-bond acceptors (Lipinski definition) is 4. The van der Waals surface area contributed by atoms with Gasteiger partial charge in [-0.2, -0.15) is 4.99 Å². The fraction of sp³-hybridized carbons (Fsp3) is 0.0588. The van der Waals surface area contributed by atoms with Crippen molar-refractivity contribution in [2.24, 2.45) is 4.99 Å². The van der Waals surface area contributed by atoms with Gasteiger partial charge in [0.05, 0.1) is 18.4 Å². The summed E-state index contributed by atoms with van der Waals surface area (Å²) in [7, 11) is 1.35. The molecule has 0 aromatic heterocycles. The van der Waals surface area contributed by atoms with Crippen LogP contribution in [0.5, 0.6) is 0 Å². The van der Waals surface area contributed by atoms with Crippen LogP contribution < -0.4 is 0 Å². The van der Waals surface area contributed by atoms with E-state index in [0.29, 0.717) is 11.3 Å². The van der Waals surface area contributed by atoms with Gasteiger partial charge in [0.15, 0.2) is 0 Å². The van der Waals surface area contributed by atoms with Crippen LogP contribution in [-0.2, 0) is 14.3 Å². The Bertz CT molecular complexity index is 697. The third kappa shape index (κ3) is 3.75. The third-order valence-electron chi connectivity index (χ3n) is 2.87. The Hall–Kier alpha value is -2.97. The van der Waals surface area contributed by atoms with Crippen molar-refractivity contribution in [1.82, 2.24) is 0 Å². The minimum atomic E-state index is -0.406. The number of esters is 1. The topological polar surface area (TPSA) is 55.7 Å². The fourth-order valence-electron chi connectivity index (χ4n) is 1.85. The molecule has 0 amide bonds. The van der Waals surface area contributed by atoms with Crippen LogP contribution in [0, 0.1) is 0 Å². The van der Waals surface area contributed by atoms with Crippen molar-refractivity contribution in [3.8, 4) is 0 Å². The second-order valence-corrected chi connectivity index (χ2v) is 4.21. The van der Waals surface area contributed by atoms with Gasteiger partial charge < -0.3 is 4.74 Å². The highest BCUT2D eigenvalue weighted by Gasteiger charge is 2.11. The zero-order valence-electron chi connectivity index (χ0n) is 11.4. The molecule has 0 aliphatic heterocycles. The molecule has 2 aromatic carbocycles. The largest absolute Gasteiger partial charge is 0.465 e. The Balaban J connectivity index is 2.41. The molecule has 0 bridgehead atoms. The van der Waals surface area contributed by atoms with Crippen LogP contribution in [0.2, 0.25) is 0 Å². The van der Waals surface area contributed by atoms with Gasteiger partial charge >= 0.3 is 5.97 Å². The Morgan fingerprint density at radius 3 is 2.33 bits per heavy atom. The lowest BCUT2D eigenvalue weighted by atomic mass is 10.0. The van der Waals surface area contributed by atoms with Gasteiger partial charge in [-0.15, -0.1) is 0 Å². The lowest BCUT2D eigenvalue weighted by Gasteiger charge is -2.06. The summed E-state index contributed by atoms with van der Waals surface area (Å²) in [6.45, 7) is 0. The van der Waals surface area contributed by atoms with Crippen molar-refractivity contribution < 1.29 is 14.3 Å². The standard InChI is InChI=1S/C17H13NO3/c1-21-17(20)16(14-5-3-2-4-6-14)11-13-7-9-15(10-8-13)18-12-19/h2-11H,1H3. The first-order valence-corrected chi connectivity index (χ1v) is 6.28. The fourth-order valence-corrected chi connectivity index (χ4v) is 1.85. The molecule has 0 heterocycles. The number of isocyanates is 1. The van der Waals surface area contributed by atoms with E-state index in [1.165, 1.54) is 13.2 Å². The zero-order valence-corrected chi connectivity index (χ0v) is 11.4. The quantitative estimate of drug-likeness (QED) is 0.283. The van der Waals surface area contributed by atoms with Gasteiger partial charge in [0.2, 0.25) is 6.08 Å². The van der Waals surface area contributed by atoms with E-state index in [4.69, 9.17) is 4.74 Å². The summed E-state index contributed by atoms with van der Waals surface area (Å²) in [5, 5.41) is 0. The van der Waals surface area contributed by atoms with Crippen LogP contribution in [0.3, 0.4) is 0 Å². The molecule has 21 heavy (non-hydrogen) atoms. The number of benzene rings is 2. The lowest BCUT2D eigenvalue weighted by Crippen LogP contribution is -2.03. The number of rotatable bonds is 4. The lowest BCUT2D eigenvalue weighted by molar-refractivity contribution is -0.133. The predicted molar refractivity (Wildman–Crippen MR) is 80.6 cm³/mol. The van der Waals surface area contributed by atoms with Crippen LogP contribution in [0.4, 0.5) is 5.69 Å². The average molecular weight is 279 g/mol. The van der Waals surface area contributed by atoms with Crippen LogP contribution in [0.15, 0.2) is 59.6 Å². The van der Waals surface area contributed by atoms with Gasteiger partial charge in [-0.05, 0) is 29.3 Å². The molecule has 2 aromatic rings. The monoisotopic (exact) mass is 279 g/mol. The molecule has 0 spiro atoms. The van der Waals surface area contributed by atoms with Crippen LogP contribution in [-0.4, -0.2) is 19.2 Å². The van der Waals surface area contributed by atoms with Crippen molar-refractivity contribution in [2.75, 3.05) is 7.11 Å². The summed E-state index contributed by atoms with van der Waals surface area (Å²) in [5.74, 6) is -0.406. The van der Waals surface area contributed by atoms with Gasteiger partial charge in [0, 0.05) is 0 Å². The van der Waals surface area contributed by atoms with Crippen LogP contribution >= 0.6 is 0 Å². The van der Waals surface area contributed by atoms with Crippen LogP contribution in [0.25, 0.3) is 11.6 Å². The average Bonchev–Trinajstić information content (AvgIpc) is 2.54. The molecule has 0 saturated heterocycles. The SMILES string of the molecule is COC(=O)C(=Cc1ccc(N=C=O)cc1)c1ccccc1. The summed E-state index contributed by atoms with van der Waals surface area (Å²) in [4.78, 5) is 25.6.